The number of halogens is 2. The molecule has 1 amide bonds. The maximum absolute atomic E-state index is 13.4. The van der Waals surface area contributed by atoms with Crippen LogP contribution in [0.1, 0.15) is 28.8 Å². The standard InChI is InChI=1S/C18H17F2NO3/c1-12(13-5-3-2-4-6-13)10-21-17(22)11-24-18(23)15-8-7-14(19)9-16(15)20/h2-9,12H,10-11H2,1H3,(H,21,22)/t12-/m0/s1. The summed E-state index contributed by atoms with van der Waals surface area (Å²) < 4.78 is 30.9. The van der Waals surface area contributed by atoms with Gasteiger partial charge in [-0.15, -0.1) is 0 Å². The van der Waals surface area contributed by atoms with Crippen molar-refractivity contribution >= 4 is 11.9 Å². The lowest BCUT2D eigenvalue weighted by atomic mass is 10.0. The van der Waals surface area contributed by atoms with Crippen LogP contribution in [0, 0.1) is 11.6 Å². The quantitative estimate of drug-likeness (QED) is 0.827. The molecule has 0 heterocycles. The van der Waals surface area contributed by atoms with Crippen molar-refractivity contribution in [3.8, 4) is 0 Å². The third kappa shape index (κ3) is 4.87. The molecular formula is C18H17F2NO3. The van der Waals surface area contributed by atoms with E-state index in [4.69, 9.17) is 4.74 Å². The Hall–Kier alpha value is -2.76. The van der Waals surface area contributed by atoms with Crippen LogP contribution >= 0.6 is 0 Å². The van der Waals surface area contributed by atoms with Gasteiger partial charge in [0.05, 0.1) is 5.56 Å². The zero-order valence-electron chi connectivity index (χ0n) is 13.1. The normalized spacial score (nSPS) is 11.6. The van der Waals surface area contributed by atoms with Gasteiger partial charge in [-0.25, -0.2) is 13.6 Å². The first-order chi connectivity index (χ1) is 11.5. The van der Waals surface area contributed by atoms with Gasteiger partial charge >= 0.3 is 5.97 Å². The molecule has 126 valence electrons. The summed E-state index contributed by atoms with van der Waals surface area (Å²) in [5.74, 6) is -3.23. The van der Waals surface area contributed by atoms with Gasteiger partial charge < -0.3 is 10.1 Å². The van der Waals surface area contributed by atoms with Gasteiger partial charge in [0.2, 0.25) is 0 Å². The van der Waals surface area contributed by atoms with Crippen LogP contribution < -0.4 is 5.32 Å². The Balaban J connectivity index is 1.79. The maximum atomic E-state index is 13.4. The van der Waals surface area contributed by atoms with Gasteiger partial charge in [0.15, 0.2) is 6.61 Å². The van der Waals surface area contributed by atoms with Gasteiger partial charge in [0.1, 0.15) is 11.6 Å². The number of esters is 1. The van der Waals surface area contributed by atoms with E-state index in [0.717, 1.165) is 17.7 Å². The second kappa shape index (κ2) is 8.19. The number of hydrogen-bond acceptors (Lipinski definition) is 3. The molecule has 0 aliphatic carbocycles. The third-order valence-electron chi connectivity index (χ3n) is 3.46. The van der Waals surface area contributed by atoms with Gasteiger partial charge in [0.25, 0.3) is 5.91 Å². The summed E-state index contributed by atoms with van der Waals surface area (Å²) in [7, 11) is 0. The van der Waals surface area contributed by atoms with Crippen molar-refractivity contribution in [3.05, 3.63) is 71.3 Å². The van der Waals surface area contributed by atoms with E-state index < -0.39 is 35.7 Å². The average molecular weight is 333 g/mol. The number of nitrogens with one attached hydrogen (secondary N) is 1. The molecule has 6 heteroatoms. The van der Waals surface area contributed by atoms with Crippen LogP contribution in [0.3, 0.4) is 0 Å². The molecule has 2 rings (SSSR count). The van der Waals surface area contributed by atoms with Gasteiger partial charge in [0, 0.05) is 12.6 Å². The second-order valence-corrected chi connectivity index (χ2v) is 5.32. The molecule has 0 unspecified atom stereocenters. The minimum atomic E-state index is -1.03. The van der Waals surface area contributed by atoms with E-state index in [0.29, 0.717) is 12.6 Å². The number of ether oxygens (including phenoxy) is 1. The summed E-state index contributed by atoms with van der Waals surface area (Å²) in [5.41, 5.74) is 0.657. The fourth-order valence-corrected chi connectivity index (χ4v) is 2.08. The van der Waals surface area contributed by atoms with Gasteiger partial charge in [-0.2, -0.15) is 0 Å². The largest absolute Gasteiger partial charge is 0.452 e. The van der Waals surface area contributed by atoms with Crippen LogP contribution in [0.4, 0.5) is 8.78 Å². The number of amides is 1. The molecular weight excluding hydrogens is 316 g/mol. The summed E-state index contributed by atoms with van der Waals surface area (Å²) in [5, 5.41) is 2.64. The van der Waals surface area contributed by atoms with Gasteiger partial charge in [-0.3, -0.25) is 4.79 Å². The molecule has 0 aliphatic rings. The molecule has 4 nitrogen and oxygen atoms in total. The fourth-order valence-electron chi connectivity index (χ4n) is 2.08. The highest BCUT2D eigenvalue weighted by molar-refractivity contribution is 5.91. The maximum Gasteiger partial charge on any atom is 0.341 e. The minimum absolute atomic E-state index is 0.0976. The van der Waals surface area contributed by atoms with E-state index >= 15 is 0 Å². The molecule has 0 radical (unpaired) electrons. The summed E-state index contributed by atoms with van der Waals surface area (Å²) in [6.45, 7) is 1.80. The number of carbonyl (C=O) groups is 2. The van der Waals surface area contributed by atoms with Crippen LogP contribution in [0.5, 0.6) is 0 Å². The SMILES string of the molecule is C[C@@H](CNC(=O)COC(=O)c1ccc(F)cc1F)c1ccccc1. The fraction of sp³-hybridized carbons (Fsp3) is 0.222. The predicted molar refractivity (Wildman–Crippen MR) is 84.5 cm³/mol. The number of rotatable bonds is 6. The minimum Gasteiger partial charge on any atom is -0.452 e. The molecule has 1 atom stereocenters. The molecule has 0 saturated heterocycles. The van der Waals surface area contributed by atoms with Crippen LogP contribution in [-0.4, -0.2) is 25.0 Å². The molecule has 0 bridgehead atoms. The summed E-state index contributed by atoms with van der Waals surface area (Å²) in [4.78, 5) is 23.4. The van der Waals surface area contributed by atoms with Crippen LogP contribution in [0.25, 0.3) is 0 Å². The van der Waals surface area contributed by atoms with Gasteiger partial charge in [-0.05, 0) is 23.6 Å². The summed E-state index contributed by atoms with van der Waals surface area (Å²) in [6.07, 6.45) is 0. The molecule has 1 N–H and O–H groups in total. The first kappa shape index (κ1) is 17.6. The van der Waals surface area contributed by atoms with E-state index in [1.807, 2.05) is 37.3 Å². The van der Waals surface area contributed by atoms with E-state index in [1.54, 1.807) is 0 Å². The number of benzene rings is 2. The van der Waals surface area contributed by atoms with Crippen molar-refractivity contribution in [1.29, 1.82) is 0 Å². The molecule has 2 aromatic rings. The molecule has 0 aromatic heterocycles. The van der Waals surface area contributed by atoms with Crippen molar-refractivity contribution in [2.24, 2.45) is 0 Å². The van der Waals surface area contributed by atoms with Crippen molar-refractivity contribution in [2.75, 3.05) is 13.2 Å². The van der Waals surface area contributed by atoms with E-state index in [2.05, 4.69) is 5.32 Å². The smallest absolute Gasteiger partial charge is 0.341 e. The summed E-state index contributed by atoms with van der Waals surface area (Å²) in [6, 6.07) is 12.1. The average Bonchev–Trinajstić information content (AvgIpc) is 2.58. The molecule has 2 aromatic carbocycles. The number of hydrogen-bond donors (Lipinski definition) is 1. The van der Waals surface area contributed by atoms with Crippen LogP contribution in [0.2, 0.25) is 0 Å². The summed E-state index contributed by atoms with van der Waals surface area (Å²) >= 11 is 0. The Labute approximate surface area is 138 Å². The molecule has 0 aliphatic heterocycles. The second-order valence-electron chi connectivity index (χ2n) is 5.32. The monoisotopic (exact) mass is 333 g/mol. The van der Waals surface area contributed by atoms with Crippen molar-refractivity contribution in [3.63, 3.8) is 0 Å². The van der Waals surface area contributed by atoms with E-state index in [1.165, 1.54) is 0 Å². The van der Waals surface area contributed by atoms with E-state index in [-0.39, 0.29) is 5.92 Å². The van der Waals surface area contributed by atoms with Gasteiger partial charge in [-0.1, -0.05) is 37.3 Å². The van der Waals surface area contributed by atoms with Crippen LogP contribution in [-0.2, 0) is 9.53 Å². The Morgan fingerprint density at radius 2 is 1.83 bits per heavy atom. The van der Waals surface area contributed by atoms with Crippen molar-refractivity contribution in [1.82, 2.24) is 5.32 Å². The van der Waals surface area contributed by atoms with Crippen LogP contribution in [0.15, 0.2) is 48.5 Å². The Bertz CT molecular complexity index is 719. The highest BCUT2D eigenvalue weighted by Crippen LogP contribution is 2.13. The van der Waals surface area contributed by atoms with Crippen molar-refractivity contribution in [2.45, 2.75) is 12.8 Å². The highest BCUT2D eigenvalue weighted by Gasteiger charge is 2.15. The topological polar surface area (TPSA) is 55.4 Å². The van der Waals surface area contributed by atoms with E-state index in [9.17, 15) is 18.4 Å². The molecule has 0 spiro atoms. The lowest BCUT2D eigenvalue weighted by Gasteiger charge is -2.13. The zero-order chi connectivity index (χ0) is 17.5. The molecule has 0 fully saturated rings. The Morgan fingerprint density at radius 3 is 2.50 bits per heavy atom. The first-order valence-corrected chi connectivity index (χ1v) is 7.41. The Morgan fingerprint density at radius 1 is 1.12 bits per heavy atom. The third-order valence-corrected chi connectivity index (χ3v) is 3.46. The van der Waals surface area contributed by atoms with Crippen molar-refractivity contribution < 1.29 is 23.1 Å². The molecule has 24 heavy (non-hydrogen) atoms. The highest BCUT2D eigenvalue weighted by atomic mass is 19.1. The molecule has 0 saturated carbocycles. The lowest BCUT2D eigenvalue weighted by Crippen LogP contribution is -2.31. The Kier molecular flexibility index (Phi) is 6.01. The first-order valence-electron chi connectivity index (χ1n) is 7.41. The predicted octanol–water partition coefficient (Wildman–Crippen LogP) is 3.04. The lowest BCUT2D eigenvalue weighted by molar-refractivity contribution is -0.124. The zero-order valence-corrected chi connectivity index (χ0v) is 13.1. The number of carbonyl (C=O) groups excluding carboxylic acids is 2.